The maximum atomic E-state index is 14.4. The van der Waals surface area contributed by atoms with E-state index in [9.17, 15) is 19.7 Å². The van der Waals surface area contributed by atoms with E-state index in [1.54, 1.807) is 12.1 Å². The zero-order chi connectivity index (χ0) is 25.2. The van der Waals surface area contributed by atoms with Gasteiger partial charge < -0.3 is 5.32 Å². The predicted octanol–water partition coefficient (Wildman–Crippen LogP) is 5.12. The van der Waals surface area contributed by atoms with Crippen molar-refractivity contribution < 1.29 is 14.5 Å². The van der Waals surface area contributed by atoms with E-state index in [-0.39, 0.29) is 29.3 Å². The summed E-state index contributed by atoms with van der Waals surface area (Å²) in [6, 6.07) is 19.8. The van der Waals surface area contributed by atoms with Crippen molar-refractivity contribution >= 4 is 23.1 Å². The van der Waals surface area contributed by atoms with Crippen LogP contribution in [0.2, 0.25) is 0 Å². The lowest BCUT2D eigenvalue weighted by Gasteiger charge is -2.37. The average molecular weight is 482 g/mol. The van der Waals surface area contributed by atoms with Crippen LogP contribution in [0.5, 0.6) is 0 Å². The number of ketones is 1. The number of nitro benzene ring substituents is 1. The fourth-order valence-electron chi connectivity index (χ4n) is 6.99. The molecular weight excluding hydrogens is 454 g/mol. The molecule has 0 aliphatic carbocycles. The molecule has 2 fully saturated rings. The molecule has 4 atom stereocenters. The van der Waals surface area contributed by atoms with Crippen LogP contribution >= 0.6 is 0 Å². The number of carbonyl (C=O) groups is 2. The molecule has 182 valence electrons. The van der Waals surface area contributed by atoms with E-state index < -0.39 is 16.4 Å². The first-order chi connectivity index (χ1) is 17.3. The highest BCUT2D eigenvalue weighted by atomic mass is 16.6. The Morgan fingerprint density at radius 2 is 1.81 bits per heavy atom. The number of nitro groups is 1. The van der Waals surface area contributed by atoms with Crippen molar-refractivity contribution in [3.8, 4) is 0 Å². The van der Waals surface area contributed by atoms with Crippen LogP contribution in [0.4, 0.5) is 11.4 Å². The number of nitrogens with one attached hydrogen (secondary N) is 1. The summed E-state index contributed by atoms with van der Waals surface area (Å²) in [4.78, 5) is 41.7. The van der Waals surface area contributed by atoms with E-state index in [1.165, 1.54) is 12.1 Å². The summed E-state index contributed by atoms with van der Waals surface area (Å²) in [6.45, 7) is 4.72. The fraction of sp³-hybridized carbons (Fsp3) is 0.310. The van der Waals surface area contributed by atoms with Gasteiger partial charge >= 0.3 is 0 Å². The lowest BCUT2D eigenvalue weighted by molar-refractivity contribution is -0.384. The molecular formula is C29H27N3O4. The van der Waals surface area contributed by atoms with Crippen molar-refractivity contribution in [1.29, 1.82) is 0 Å². The smallest absolute Gasteiger partial charge is 0.269 e. The number of benzene rings is 3. The van der Waals surface area contributed by atoms with Gasteiger partial charge in [-0.05, 0) is 44.4 Å². The van der Waals surface area contributed by atoms with Crippen molar-refractivity contribution in [2.45, 2.75) is 44.2 Å². The Morgan fingerprint density at radius 3 is 2.50 bits per heavy atom. The van der Waals surface area contributed by atoms with Crippen LogP contribution in [-0.2, 0) is 10.3 Å². The van der Waals surface area contributed by atoms with Crippen LogP contribution in [-0.4, -0.2) is 34.1 Å². The molecule has 3 aliphatic heterocycles. The molecule has 3 aromatic carbocycles. The Labute approximate surface area is 209 Å². The number of hydrogen-bond acceptors (Lipinski definition) is 5. The number of Topliss-reactive ketones (excluding diaryl/α,β-unsaturated/α-hetero) is 1. The summed E-state index contributed by atoms with van der Waals surface area (Å²) in [5, 5.41) is 14.5. The molecule has 6 rings (SSSR count). The Bertz CT molecular complexity index is 1400. The second-order valence-corrected chi connectivity index (χ2v) is 10.2. The van der Waals surface area contributed by atoms with Gasteiger partial charge in [0.05, 0.1) is 10.8 Å². The van der Waals surface area contributed by atoms with Crippen LogP contribution in [0.1, 0.15) is 51.4 Å². The van der Waals surface area contributed by atoms with Crippen molar-refractivity contribution in [3.05, 3.63) is 105 Å². The van der Waals surface area contributed by atoms with Gasteiger partial charge in [-0.25, -0.2) is 0 Å². The number of non-ortho nitro benzene ring substituents is 1. The van der Waals surface area contributed by atoms with Crippen molar-refractivity contribution in [1.82, 2.24) is 4.90 Å². The highest BCUT2D eigenvalue weighted by Gasteiger charge is 2.69. The van der Waals surface area contributed by atoms with Gasteiger partial charge in [0.15, 0.2) is 5.78 Å². The predicted molar refractivity (Wildman–Crippen MR) is 136 cm³/mol. The van der Waals surface area contributed by atoms with Crippen LogP contribution in [0.15, 0.2) is 66.7 Å². The average Bonchev–Trinajstić information content (AvgIpc) is 3.53. The second-order valence-electron chi connectivity index (χ2n) is 10.2. The van der Waals surface area contributed by atoms with Gasteiger partial charge in [-0.2, -0.15) is 0 Å². The first kappa shape index (κ1) is 22.6. The van der Waals surface area contributed by atoms with Gasteiger partial charge in [-0.15, -0.1) is 0 Å². The van der Waals surface area contributed by atoms with E-state index >= 15 is 0 Å². The Hall–Kier alpha value is -3.84. The Kier molecular flexibility index (Phi) is 5.09. The molecule has 3 aromatic rings. The van der Waals surface area contributed by atoms with Crippen LogP contribution in [0.3, 0.4) is 0 Å². The molecule has 1 N–H and O–H groups in total. The van der Waals surface area contributed by atoms with Crippen LogP contribution < -0.4 is 5.32 Å². The zero-order valence-corrected chi connectivity index (χ0v) is 20.2. The standard InChI is InChI=1S/C29H27N3O4/c1-17-15-18(2)26-22(16-17)29(28(34)30-26)25(27(33)20-7-4-3-5-8-20)24(23-9-6-14-31(23)29)19-10-12-21(13-11-19)32(35)36/h3-5,7-8,10-13,15-16,23-25H,6,9,14H2,1-2H3,(H,30,34)/t23?,24?,25?,29-/m1/s1. The quantitative estimate of drug-likeness (QED) is 0.317. The molecule has 0 aromatic heterocycles. The van der Waals surface area contributed by atoms with E-state index in [0.29, 0.717) is 12.1 Å². The number of nitrogens with zero attached hydrogens (tertiary/aromatic N) is 2. The minimum absolute atomic E-state index is 0.0101. The highest BCUT2D eigenvalue weighted by Crippen LogP contribution is 2.61. The number of aryl methyl sites for hydroxylation is 2. The molecule has 2 saturated heterocycles. The molecule has 3 aliphatic rings. The first-order valence-electron chi connectivity index (χ1n) is 12.4. The third-order valence-electron chi connectivity index (χ3n) is 8.28. The molecule has 0 saturated carbocycles. The third kappa shape index (κ3) is 3.02. The van der Waals surface area contributed by atoms with Gasteiger partial charge in [-0.3, -0.25) is 24.6 Å². The Balaban J connectivity index is 1.62. The van der Waals surface area contributed by atoms with E-state index in [4.69, 9.17) is 0 Å². The number of anilines is 1. The van der Waals surface area contributed by atoms with Gasteiger partial charge in [0, 0.05) is 40.9 Å². The second kappa shape index (κ2) is 8.10. The first-order valence-corrected chi connectivity index (χ1v) is 12.4. The van der Waals surface area contributed by atoms with Crippen LogP contribution in [0.25, 0.3) is 0 Å². The Morgan fingerprint density at radius 1 is 1.08 bits per heavy atom. The number of amides is 1. The molecule has 0 radical (unpaired) electrons. The van der Waals surface area contributed by atoms with Gasteiger partial charge in [0.1, 0.15) is 5.54 Å². The molecule has 3 heterocycles. The summed E-state index contributed by atoms with van der Waals surface area (Å²) in [5.74, 6) is -1.18. The maximum absolute atomic E-state index is 14.4. The van der Waals surface area contributed by atoms with E-state index in [0.717, 1.165) is 40.8 Å². The number of rotatable bonds is 4. The SMILES string of the molecule is Cc1cc(C)c2c(c1)[C@]1(C(=O)N2)C(C(=O)c2ccccc2)C(c2ccc([N+](=O)[O-])cc2)C2CCCN21. The van der Waals surface area contributed by atoms with Crippen molar-refractivity contribution in [3.63, 3.8) is 0 Å². The highest BCUT2D eigenvalue weighted by molar-refractivity contribution is 6.13. The van der Waals surface area contributed by atoms with Gasteiger partial charge in [0.25, 0.3) is 5.69 Å². The topological polar surface area (TPSA) is 92.5 Å². The zero-order valence-electron chi connectivity index (χ0n) is 20.2. The van der Waals surface area contributed by atoms with E-state index in [1.807, 2.05) is 44.2 Å². The van der Waals surface area contributed by atoms with Gasteiger partial charge in [-0.1, -0.05) is 60.2 Å². The fourth-order valence-corrected chi connectivity index (χ4v) is 6.99. The van der Waals surface area contributed by atoms with Gasteiger partial charge in [0.2, 0.25) is 5.91 Å². The van der Waals surface area contributed by atoms with Crippen molar-refractivity contribution in [2.75, 3.05) is 11.9 Å². The number of carbonyl (C=O) groups excluding carboxylic acids is 2. The lowest BCUT2D eigenvalue weighted by atomic mass is 9.68. The molecule has 7 nitrogen and oxygen atoms in total. The lowest BCUT2D eigenvalue weighted by Crippen LogP contribution is -2.52. The molecule has 7 heteroatoms. The molecule has 1 amide bonds. The summed E-state index contributed by atoms with van der Waals surface area (Å²) < 4.78 is 0. The summed E-state index contributed by atoms with van der Waals surface area (Å²) in [5.41, 5.74) is 4.00. The number of hydrogen-bond donors (Lipinski definition) is 1. The molecule has 36 heavy (non-hydrogen) atoms. The normalized spacial score (nSPS) is 26.6. The maximum Gasteiger partial charge on any atom is 0.269 e. The number of fused-ring (bicyclic) bond motifs is 4. The molecule has 0 bridgehead atoms. The largest absolute Gasteiger partial charge is 0.324 e. The van der Waals surface area contributed by atoms with Crippen LogP contribution in [0, 0.1) is 29.9 Å². The monoisotopic (exact) mass is 481 g/mol. The molecule has 1 spiro atoms. The minimum Gasteiger partial charge on any atom is -0.324 e. The third-order valence-corrected chi connectivity index (χ3v) is 8.28. The molecule has 3 unspecified atom stereocenters. The summed E-state index contributed by atoms with van der Waals surface area (Å²) in [7, 11) is 0. The van der Waals surface area contributed by atoms with Crippen molar-refractivity contribution in [2.24, 2.45) is 5.92 Å². The minimum atomic E-state index is -1.13. The summed E-state index contributed by atoms with van der Waals surface area (Å²) in [6.07, 6.45) is 1.78. The summed E-state index contributed by atoms with van der Waals surface area (Å²) >= 11 is 0. The van der Waals surface area contributed by atoms with E-state index in [2.05, 4.69) is 22.3 Å².